The maximum atomic E-state index is 12.0. The first-order valence-corrected chi connectivity index (χ1v) is 7.29. The average Bonchev–Trinajstić information content (AvgIpc) is 2.42. The molecule has 0 aliphatic carbocycles. The summed E-state index contributed by atoms with van der Waals surface area (Å²) in [6.45, 7) is 3.80. The van der Waals surface area contributed by atoms with E-state index in [2.05, 4.69) is 15.4 Å². The van der Waals surface area contributed by atoms with E-state index < -0.39 is 18.7 Å². The fourth-order valence-electron chi connectivity index (χ4n) is 1.76. The molecule has 2 amide bonds. The second-order valence-corrected chi connectivity index (χ2v) is 6.29. The number of carbonyl (C=O) groups is 2. The minimum atomic E-state index is -4.37. The second kappa shape index (κ2) is 8.14. The monoisotopic (exact) mass is 346 g/mol. The topological polar surface area (TPSA) is 67.4 Å². The summed E-state index contributed by atoms with van der Waals surface area (Å²) in [4.78, 5) is 23.5. The molecular weight excluding hydrogens is 325 g/mol. The molecule has 1 aromatic carbocycles. The third-order valence-electron chi connectivity index (χ3n) is 2.67. The first-order chi connectivity index (χ1) is 11.0. The lowest BCUT2D eigenvalue weighted by atomic mass is 10.1. The number of ether oxygens (including phenoxy) is 1. The molecule has 1 rings (SSSR count). The summed E-state index contributed by atoms with van der Waals surface area (Å²) in [5.41, 5.74) is 0.430. The van der Waals surface area contributed by atoms with Crippen LogP contribution in [0.15, 0.2) is 24.3 Å². The van der Waals surface area contributed by atoms with Gasteiger partial charge >= 0.3 is 6.18 Å². The lowest BCUT2D eigenvalue weighted by Gasteiger charge is -2.20. The lowest BCUT2D eigenvalue weighted by Crippen LogP contribution is -2.45. The Bertz CT molecular complexity index is 563. The van der Waals surface area contributed by atoms with E-state index in [0.717, 1.165) is 0 Å². The van der Waals surface area contributed by atoms with Gasteiger partial charge in [-0.25, -0.2) is 0 Å². The second-order valence-electron chi connectivity index (χ2n) is 6.29. The van der Waals surface area contributed by atoms with Crippen molar-refractivity contribution < 1.29 is 27.5 Å². The van der Waals surface area contributed by atoms with Crippen LogP contribution in [0.2, 0.25) is 0 Å². The van der Waals surface area contributed by atoms with Crippen molar-refractivity contribution in [2.24, 2.45) is 0 Å². The minimum absolute atomic E-state index is 0.160. The molecule has 1 aromatic rings. The number of benzene rings is 1. The number of hydrogen-bond acceptors (Lipinski definition) is 3. The SMILES string of the molecule is CC(C)(C)NC(=O)CNC(=O)c1ccc(COCC(F)(F)F)cc1. The van der Waals surface area contributed by atoms with Gasteiger partial charge in [0, 0.05) is 11.1 Å². The molecule has 0 unspecified atom stereocenters. The summed E-state index contributed by atoms with van der Waals surface area (Å²) in [5, 5.41) is 5.18. The number of halogens is 3. The number of hydrogen-bond donors (Lipinski definition) is 2. The van der Waals surface area contributed by atoms with E-state index in [1.54, 1.807) is 0 Å². The number of amides is 2. The molecule has 0 saturated carbocycles. The zero-order valence-corrected chi connectivity index (χ0v) is 13.8. The molecule has 0 aromatic heterocycles. The first kappa shape index (κ1) is 20.0. The van der Waals surface area contributed by atoms with Crippen LogP contribution < -0.4 is 10.6 Å². The van der Waals surface area contributed by atoms with Crippen LogP contribution in [-0.2, 0) is 16.1 Å². The standard InChI is InChI=1S/C16H21F3N2O3/c1-15(2,3)21-13(22)8-20-14(23)12-6-4-11(5-7-12)9-24-10-16(17,18)19/h4-7H,8-10H2,1-3H3,(H,20,23)(H,21,22). The molecule has 0 saturated heterocycles. The Hall–Kier alpha value is -2.09. The molecule has 0 aliphatic rings. The predicted octanol–water partition coefficient (Wildman–Crippen LogP) is 2.41. The Morgan fingerprint density at radius 3 is 2.17 bits per heavy atom. The number of nitrogens with one attached hydrogen (secondary N) is 2. The van der Waals surface area contributed by atoms with Crippen LogP contribution in [0.5, 0.6) is 0 Å². The maximum absolute atomic E-state index is 12.0. The Balaban J connectivity index is 2.45. The van der Waals surface area contributed by atoms with Crippen LogP contribution in [-0.4, -0.2) is 36.7 Å². The molecule has 0 fully saturated rings. The van der Waals surface area contributed by atoms with Crippen LogP contribution >= 0.6 is 0 Å². The summed E-state index contributed by atoms with van der Waals surface area (Å²) in [5.74, 6) is -0.755. The summed E-state index contributed by atoms with van der Waals surface area (Å²) in [6, 6.07) is 5.92. The Morgan fingerprint density at radius 2 is 1.67 bits per heavy atom. The zero-order valence-electron chi connectivity index (χ0n) is 13.8. The van der Waals surface area contributed by atoms with Gasteiger partial charge in [-0.2, -0.15) is 13.2 Å². The van der Waals surface area contributed by atoms with Crippen molar-refractivity contribution in [3.05, 3.63) is 35.4 Å². The third kappa shape index (κ3) is 8.52. The van der Waals surface area contributed by atoms with Crippen LogP contribution in [0.1, 0.15) is 36.7 Å². The molecular formula is C16H21F3N2O3. The highest BCUT2D eigenvalue weighted by Gasteiger charge is 2.27. The van der Waals surface area contributed by atoms with E-state index in [4.69, 9.17) is 0 Å². The fourth-order valence-corrected chi connectivity index (χ4v) is 1.76. The molecule has 0 radical (unpaired) electrons. The minimum Gasteiger partial charge on any atom is -0.367 e. The molecule has 24 heavy (non-hydrogen) atoms. The van der Waals surface area contributed by atoms with E-state index in [1.807, 2.05) is 20.8 Å². The van der Waals surface area contributed by atoms with E-state index in [1.165, 1.54) is 24.3 Å². The van der Waals surface area contributed by atoms with Gasteiger partial charge in [0.25, 0.3) is 5.91 Å². The van der Waals surface area contributed by atoms with E-state index in [0.29, 0.717) is 11.1 Å². The highest BCUT2D eigenvalue weighted by molar-refractivity contribution is 5.96. The van der Waals surface area contributed by atoms with Gasteiger partial charge in [0.15, 0.2) is 0 Å². The average molecular weight is 346 g/mol. The molecule has 0 spiro atoms. The van der Waals surface area contributed by atoms with Crippen LogP contribution in [0.25, 0.3) is 0 Å². The molecule has 5 nitrogen and oxygen atoms in total. The van der Waals surface area contributed by atoms with E-state index in [-0.39, 0.29) is 24.6 Å². The van der Waals surface area contributed by atoms with Crippen molar-refractivity contribution in [2.45, 2.75) is 39.1 Å². The largest absolute Gasteiger partial charge is 0.411 e. The van der Waals surface area contributed by atoms with Crippen LogP contribution in [0.4, 0.5) is 13.2 Å². The van der Waals surface area contributed by atoms with Gasteiger partial charge in [-0.3, -0.25) is 9.59 Å². The van der Waals surface area contributed by atoms with Crippen molar-refractivity contribution in [2.75, 3.05) is 13.2 Å². The lowest BCUT2D eigenvalue weighted by molar-refractivity contribution is -0.176. The summed E-state index contributed by atoms with van der Waals surface area (Å²) < 4.78 is 40.4. The number of rotatable bonds is 6. The van der Waals surface area contributed by atoms with Crippen LogP contribution in [0.3, 0.4) is 0 Å². The normalized spacial score (nSPS) is 11.9. The van der Waals surface area contributed by atoms with Gasteiger partial charge in [-0.15, -0.1) is 0 Å². The highest BCUT2D eigenvalue weighted by Crippen LogP contribution is 2.15. The van der Waals surface area contributed by atoms with Gasteiger partial charge < -0.3 is 15.4 Å². The Labute approximate surface area is 138 Å². The molecule has 0 bridgehead atoms. The highest BCUT2D eigenvalue weighted by atomic mass is 19.4. The van der Waals surface area contributed by atoms with Crippen molar-refractivity contribution in [1.29, 1.82) is 0 Å². The van der Waals surface area contributed by atoms with E-state index in [9.17, 15) is 22.8 Å². The summed E-state index contributed by atoms with van der Waals surface area (Å²) in [6.07, 6.45) is -4.37. The van der Waals surface area contributed by atoms with Gasteiger partial charge in [0.1, 0.15) is 6.61 Å². The third-order valence-corrected chi connectivity index (χ3v) is 2.67. The number of carbonyl (C=O) groups excluding carboxylic acids is 2. The van der Waals surface area contributed by atoms with Crippen LogP contribution in [0, 0.1) is 0 Å². The summed E-state index contributed by atoms with van der Waals surface area (Å²) in [7, 11) is 0. The molecule has 134 valence electrons. The van der Waals surface area contributed by atoms with E-state index >= 15 is 0 Å². The van der Waals surface area contributed by atoms with Crippen molar-refractivity contribution >= 4 is 11.8 Å². The maximum Gasteiger partial charge on any atom is 0.411 e. The Morgan fingerprint density at radius 1 is 1.08 bits per heavy atom. The molecule has 0 atom stereocenters. The molecule has 2 N–H and O–H groups in total. The Kier molecular flexibility index (Phi) is 6.77. The van der Waals surface area contributed by atoms with Crippen molar-refractivity contribution in [3.8, 4) is 0 Å². The molecule has 8 heteroatoms. The van der Waals surface area contributed by atoms with Gasteiger partial charge in [-0.05, 0) is 38.5 Å². The number of alkyl halides is 3. The zero-order chi connectivity index (χ0) is 18.4. The quantitative estimate of drug-likeness (QED) is 0.831. The van der Waals surface area contributed by atoms with Crippen molar-refractivity contribution in [1.82, 2.24) is 10.6 Å². The molecule has 0 aliphatic heterocycles. The van der Waals surface area contributed by atoms with Gasteiger partial charge in [0.2, 0.25) is 5.91 Å². The smallest absolute Gasteiger partial charge is 0.367 e. The predicted molar refractivity (Wildman–Crippen MR) is 82.4 cm³/mol. The van der Waals surface area contributed by atoms with Gasteiger partial charge in [-0.1, -0.05) is 12.1 Å². The first-order valence-electron chi connectivity index (χ1n) is 7.29. The fraction of sp³-hybridized carbons (Fsp3) is 0.500. The van der Waals surface area contributed by atoms with Gasteiger partial charge in [0.05, 0.1) is 13.2 Å². The summed E-state index contributed by atoms with van der Waals surface area (Å²) >= 11 is 0. The molecule has 0 heterocycles. The van der Waals surface area contributed by atoms with Crippen molar-refractivity contribution in [3.63, 3.8) is 0 Å².